The van der Waals surface area contributed by atoms with Gasteiger partial charge in [-0.25, -0.2) is 0 Å². The summed E-state index contributed by atoms with van der Waals surface area (Å²) in [6.45, 7) is 22.3. The number of aliphatic hydroxyl groups excluding tert-OH is 1. The van der Waals surface area contributed by atoms with E-state index < -0.39 is 201 Å². The number of para-hydroxylation sites is 1. The number of rotatable bonds is 35. The third-order valence-electron chi connectivity index (χ3n) is 22.9. The molecule has 1 aromatic heterocycles. The number of aromatic nitrogens is 1. The highest BCUT2D eigenvalue weighted by atomic mass is 16.3. The number of fused-ring (bicyclic) bond motifs is 1. The lowest BCUT2D eigenvalue weighted by Gasteiger charge is -2.34. The van der Waals surface area contributed by atoms with Gasteiger partial charge >= 0.3 is 0 Å². The Bertz CT molecular complexity index is 4530. The van der Waals surface area contributed by atoms with Crippen LogP contribution in [0.5, 0.6) is 5.75 Å². The molecule has 16 atom stereocenters. The Kier molecular flexibility index (Phi) is 44.9. The number of nitrogens with two attached hydrogens (primary N) is 2. The van der Waals surface area contributed by atoms with E-state index in [0.29, 0.717) is 72.5 Å². The molecule has 0 spiro atoms. The molecule has 13 amide bonds. The highest BCUT2D eigenvalue weighted by Gasteiger charge is 2.45. The molecule has 0 saturated heterocycles. The second-order valence-corrected chi connectivity index (χ2v) is 35.5. The first-order valence-corrected chi connectivity index (χ1v) is 44.5. The number of Topliss-reactive ketones (excluding diaryl/α,β-unsaturated/α-hetero) is 4. The van der Waals surface area contributed by atoms with Crippen LogP contribution in [0.2, 0.25) is 0 Å². The molecule has 35 heteroatoms. The van der Waals surface area contributed by atoms with Gasteiger partial charge in [0, 0.05) is 62.8 Å². The van der Waals surface area contributed by atoms with Crippen molar-refractivity contribution in [1.29, 1.82) is 0 Å². The predicted octanol–water partition coefficient (Wildman–Crippen LogP) is 4.08. The highest BCUT2D eigenvalue weighted by Crippen LogP contribution is 2.27. The lowest BCUT2D eigenvalue weighted by atomic mass is 9.89. The summed E-state index contributed by atoms with van der Waals surface area (Å²) in [6, 6.07) is 7.09. The number of aromatic hydroxyl groups is 1. The number of allylic oxidation sites excluding steroid dienone is 2. The number of hydrogen-bond donors (Lipinski definition) is 18. The summed E-state index contributed by atoms with van der Waals surface area (Å²) in [4.78, 5) is 245. The smallest absolute Gasteiger partial charge is 0.246 e. The fourth-order valence-electron chi connectivity index (χ4n) is 15.0. The zero-order valence-corrected chi connectivity index (χ0v) is 76.7. The second kappa shape index (κ2) is 52.8. The first kappa shape index (κ1) is 110. The molecule has 5 unspecified atom stereocenters. The number of aliphatic hydroxyl groups is 1. The van der Waals surface area contributed by atoms with E-state index in [0.717, 1.165) is 6.42 Å². The van der Waals surface area contributed by atoms with Crippen LogP contribution < -0.4 is 80.6 Å². The van der Waals surface area contributed by atoms with Crippen molar-refractivity contribution in [3.8, 4) is 5.75 Å². The molecule has 0 fully saturated rings. The molecule has 1 aliphatic heterocycles. The van der Waals surface area contributed by atoms with Crippen molar-refractivity contribution in [3.05, 3.63) is 114 Å². The third kappa shape index (κ3) is 35.4. The summed E-state index contributed by atoms with van der Waals surface area (Å²) in [5.74, 6) is -17.1. The molecule has 0 bridgehead atoms. The zero-order valence-electron chi connectivity index (χ0n) is 76.7. The molecule has 5 rings (SSSR count). The number of carbonyl (C=O) groups excluding carboxylic acids is 17. The monoisotopic (exact) mass is 1800 g/mol. The minimum Gasteiger partial charge on any atom is -0.508 e. The summed E-state index contributed by atoms with van der Waals surface area (Å²) in [5.41, 5.74) is 7.31. The molecule has 0 saturated carbocycles. The summed E-state index contributed by atoms with van der Waals surface area (Å²) in [7, 11) is 0. The van der Waals surface area contributed by atoms with Crippen LogP contribution in [0.15, 0.2) is 97.2 Å². The molecule has 4 aromatic rings. The molecule has 35 nitrogen and oxygen atoms in total. The Morgan fingerprint density at radius 1 is 0.597 bits per heavy atom. The van der Waals surface area contributed by atoms with Gasteiger partial charge in [0.25, 0.3) is 0 Å². The van der Waals surface area contributed by atoms with E-state index in [1.807, 2.05) is 46.8 Å². The number of ketones is 4. The maximum atomic E-state index is 15.4. The van der Waals surface area contributed by atoms with Crippen LogP contribution in [-0.4, -0.2) is 211 Å². The van der Waals surface area contributed by atoms with Crippen molar-refractivity contribution in [2.24, 2.45) is 35.1 Å². The maximum absolute atomic E-state index is 15.4. The Labute approximate surface area is 757 Å². The molecule has 129 heavy (non-hydrogen) atoms. The van der Waals surface area contributed by atoms with E-state index in [1.54, 1.807) is 60.8 Å². The molecule has 712 valence electrons. The number of unbranched alkanes of at least 4 members (excludes halogenated alkanes) is 1. The normalized spacial score (nSPS) is 22.9. The van der Waals surface area contributed by atoms with Gasteiger partial charge in [-0.2, -0.15) is 0 Å². The number of phenols is 1. The summed E-state index contributed by atoms with van der Waals surface area (Å²) in [6.07, 6.45) is 7.29. The van der Waals surface area contributed by atoms with Gasteiger partial charge in [0.15, 0.2) is 0 Å². The van der Waals surface area contributed by atoms with Gasteiger partial charge in [-0.3, -0.25) is 81.5 Å². The van der Waals surface area contributed by atoms with E-state index in [2.05, 4.69) is 74.1 Å². The number of hydrogen-bond acceptors (Lipinski definition) is 21. The number of primary amides is 2. The van der Waals surface area contributed by atoms with E-state index >= 15 is 24.0 Å². The topological polar surface area (TPSA) is 555 Å². The predicted molar refractivity (Wildman–Crippen MR) is 489 cm³/mol. The lowest BCUT2D eigenvalue weighted by molar-refractivity contribution is -0.141. The Hall–Kier alpha value is -11.6. The van der Waals surface area contributed by atoms with Crippen LogP contribution in [0.4, 0.5) is 0 Å². The summed E-state index contributed by atoms with van der Waals surface area (Å²) in [5, 5.41) is 57.8. The number of nitrogens with one attached hydrogen (secondary N) is 14. The molecule has 2 heterocycles. The van der Waals surface area contributed by atoms with E-state index in [4.69, 9.17) is 11.5 Å². The first-order valence-electron chi connectivity index (χ1n) is 44.5. The number of amides is 13. The van der Waals surface area contributed by atoms with Crippen LogP contribution in [-0.2, 0) is 101 Å². The van der Waals surface area contributed by atoms with Crippen LogP contribution in [0.1, 0.15) is 231 Å². The molecule has 20 N–H and O–H groups in total. The average Bonchev–Trinajstić information content (AvgIpc) is 1.71. The molecular weight excluding hydrogens is 1660 g/mol. The van der Waals surface area contributed by atoms with Gasteiger partial charge in [-0.15, -0.1) is 0 Å². The van der Waals surface area contributed by atoms with Gasteiger partial charge in [0.05, 0.1) is 42.1 Å². The van der Waals surface area contributed by atoms with Crippen molar-refractivity contribution < 1.29 is 91.7 Å². The summed E-state index contributed by atoms with van der Waals surface area (Å²) < 4.78 is 0. The van der Waals surface area contributed by atoms with Gasteiger partial charge in [0.2, 0.25) is 99.9 Å². The van der Waals surface area contributed by atoms with Crippen molar-refractivity contribution >= 4 is 111 Å². The van der Waals surface area contributed by atoms with E-state index in [1.165, 1.54) is 93.5 Å². The Morgan fingerprint density at radius 3 is 1.84 bits per heavy atom. The van der Waals surface area contributed by atoms with Gasteiger partial charge < -0.3 is 95.8 Å². The minimum atomic E-state index is -2.08. The number of aromatic amines is 1. The number of benzene rings is 3. The second-order valence-electron chi connectivity index (χ2n) is 35.5. The standard InChI is InChI=1S/C93H138N16O19.CH4/c1-16-17-34-64(82(120)99-58(9)80(95)118)50-96-55(6)76(114)77(115)56(7)100-88(126)91(13)43-30-23-21-19-18-20-22-24-31-44-92(14,108-85(123)73(47-62-32-26-25-27-33-62)105-87(125)75(60(11)110)106-84(122)71(46-54(4)5)103-61(12)111)89(127)102-59(10)81(119)104-72(48-63-37-39-67(112)40-38-63)86(124)109-93(15,49-66-52-97-69-36-29-28-35-68(66)69)90(128)101-57(8)78(116)79(117)70(41-42-74(94)113)98-51-65(45-53(2)3)83(121)107-91;/h19,21,25-29,32-33,35-40,52-60,64-65,70-73,75,96-98,110,112H,16-18,20,22-24,30-31,34,41-51H2,1-15H3,(H2,94,113)(H2,95,118)(H,99,120)(H,100,126)(H,101,128)(H,102,127)(H,103,111)(H,104,119)(H,105,125)(H,106,122)(H,107,121)(H,108,123)(H,109,124);1H4/b21-19+;/t55?,56?,57?,58?,59?,60-,64-,65-,70+,71+,72+,73+,75+,91+,92-,93+;/m1./s1. The van der Waals surface area contributed by atoms with Crippen molar-refractivity contribution in [1.82, 2.24) is 74.1 Å². The molecular formula is C94H142N16O19. The number of carbonyl (C=O) groups is 17. The number of H-pyrrole nitrogens is 1. The molecule has 0 radical (unpaired) electrons. The highest BCUT2D eigenvalue weighted by molar-refractivity contribution is 6.41. The largest absolute Gasteiger partial charge is 0.508 e. The fraction of sp³-hybridized carbons (Fsp3) is 0.585. The van der Waals surface area contributed by atoms with Crippen LogP contribution in [0, 0.1) is 23.7 Å². The van der Waals surface area contributed by atoms with Crippen LogP contribution >= 0.6 is 0 Å². The maximum Gasteiger partial charge on any atom is 0.246 e. The van der Waals surface area contributed by atoms with Gasteiger partial charge in [-0.1, -0.05) is 147 Å². The zero-order chi connectivity index (χ0) is 95.5. The fourth-order valence-corrected chi connectivity index (χ4v) is 15.0. The molecule has 3 aromatic carbocycles. The first-order chi connectivity index (χ1) is 60.2. The Balaban J connectivity index is 0.0000348. The quantitative estimate of drug-likeness (QED) is 0.0228. The summed E-state index contributed by atoms with van der Waals surface area (Å²) >= 11 is 0. The van der Waals surface area contributed by atoms with Crippen molar-refractivity contribution in [2.45, 2.75) is 316 Å². The minimum absolute atomic E-state index is 0. The van der Waals surface area contributed by atoms with Crippen molar-refractivity contribution in [3.63, 3.8) is 0 Å². The van der Waals surface area contributed by atoms with E-state index in [9.17, 15) is 67.7 Å². The SMILES string of the molecule is C.CCCC[C@H](CNC(C)C(=O)C(=O)C(C)NC(=O)[C@]1(C)CCC/C=C/CCCCCC[C@@](C)(NC(=O)[C@H](Cc2ccccc2)NC(=O)[C@@H](NC(=O)[C@H](CC(C)C)NC(C)=O)[C@@H](C)O)C(=O)NC(C)C(=O)N[C@@H](Cc2ccc(O)cc2)C(=O)N[C@@](C)(Cc2c[nH]c3ccccc23)C(=O)NC(C)C(=O)C(=O)[C@H](CCC(N)=O)NC[C@@H](CC(C)C)C(=O)N1)C(=O)NC(C)C(N)=O. The van der Waals surface area contributed by atoms with E-state index in [-0.39, 0.29) is 102 Å². The third-order valence-corrected chi connectivity index (χ3v) is 22.9. The van der Waals surface area contributed by atoms with Crippen molar-refractivity contribution in [2.75, 3.05) is 13.1 Å². The van der Waals surface area contributed by atoms with Crippen LogP contribution in [0.25, 0.3) is 10.9 Å². The molecule has 1 aliphatic rings. The Morgan fingerprint density at radius 2 is 1.22 bits per heavy atom. The molecule has 0 aliphatic carbocycles. The average molecular weight is 1800 g/mol. The number of phenolic OH excluding ortho intramolecular Hbond substituents is 1. The van der Waals surface area contributed by atoms with Gasteiger partial charge in [-0.05, 0) is 173 Å². The van der Waals surface area contributed by atoms with Crippen LogP contribution in [0.3, 0.4) is 0 Å². The lowest BCUT2D eigenvalue weighted by Crippen LogP contribution is -2.65. The van der Waals surface area contributed by atoms with Gasteiger partial charge in [0.1, 0.15) is 58.6 Å².